The SMILES string of the molecule is CC(=O)O[C@H]1CC[C@@]2(C)[C@@H](CC[C@H]3C4=CC(C=O)=C(Cl)[C@@]4(C)CC[C@@H]32)C1. The maximum atomic E-state index is 11.5. The molecule has 0 heterocycles. The molecule has 3 saturated carbocycles. The highest BCUT2D eigenvalue weighted by atomic mass is 35.5. The normalized spacial score (nSPS) is 44.5. The molecule has 4 heteroatoms. The molecule has 6 atom stereocenters. The van der Waals surface area contributed by atoms with Crippen molar-refractivity contribution in [2.24, 2.45) is 28.6 Å². The number of halogens is 1. The Morgan fingerprint density at radius 1 is 1.23 bits per heavy atom. The van der Waals surface area contributed by atoms with Crippen LogP contribution >= 0.6 is 11.6 Å². The fourth-order valence-electron chi connectivity index (χ4n) is 6.74. The molecule has 0 bridgehead atoms. The second kappa shape index (κ2) is 6.22. The van der Waals surface area contributed by atoms with E-state index in [4.69, 9.17) is 16.3 Å². The van der Waals surface area contributed by atoms with E-state index in [1.54, 1.807) is 0 Å². The third kappa shape index (κ3) is 2.53. The number of rotatable bonds is 2. The van der Waals surface area contributed by atoms with Gasteiger partial charge in [0, 0.05) is 22.9 Å². The van der Waals surface area contributed by atoms with Crippen LogP contribution in [0.4, 0.5) is 0 Å². The van der Waals surface area contributed by atoms with Crippen LogP contribution in [0.2, 0.25) is 0 Å². The van der Waals surface area contributed by atoms with Crippen molar-refractivity contribution in [1.29, 1.82) is 0 Å². The number of hydrogen-bond acceptors (Lipinski definition) is 3. The Morgan fingerprint density at radius 2 is 2.00 bits per heavy atom. The van der Waals surface area contributed by atoms with Gasteiger partial charge in [-0.05, 0) is 68.1 Å². The summed E-state index contributed by atoms with van der Waals surface area (Å²) in [6.07, 6.45) is 10.8. The summed E-state index contributed by atoms with van der Waals surface area (Å²) in [5.41, 5.74) is 2.27. The first-order chi connectivity index (χ1) is 12.3. The van der Waals surface area contributed by atoms with Crippen LogP contribution in [-0.4, -0.2) is 18.4 Å². The highest BCUT2D eigenvalue weighted by Gasteiger charge is 2.57. The number of carbonyl (C=O) groups excluding carboxylic acids is 2. The molecule has 0 radical (unpaired) electrons. The molecule has 0 amide bonds. The quantitative estimate of drug-likeness (QED) is 0.492. The average molecular weight is 377 g/mol. The predicted molar refractivity (Wildman–Crippen MR) is 102 cm³/mol. The van der Waals surface area contributed by atoms with Crippen LogP contribution in [0.3, 0.4) is 0 Å². The molecule has 4 aliphatic carbocycles. The Kier molecular flexibility index (Phi) is 4.38. The number of carbonyl (C=O) groups is 2. The van der Waals surface area contributed by atoms with Crippen molar-refractivity contribution < 1.29 is 14.3 Å². The minimum Gasteiger partial charge on any atom is -0.463 e. The zero-order valence-electron chi connectivity index (χ0n) is 16.0. The van der Waals surface area contributed by atoms with Gasteiger partial charge in [-0.2, -0.15) is 0 Å². The van der Waals surface area contributed by atoms with E-state index in [0.29, 0.717) is 28.7 Å². The van der Waals surface area contributed by atoms with E-state index in [0.717, 1.165) is 43.4 Å². The highest BCUT2D eigenvalue weighted by Crippen LogP contribution is 2.66. The zero-order valence-corrected chi connectivity index (χ0v) is 16.8. The van der Waals surface area contributed by atoms with Gasteiger partial charge in [0.1, 0.15) is 6.10 Å². The van der Waals surface area contributed by atoms with Crippen LogP contribution in [0, 0.1) is 28.6 Å². The first-order valence-electron chi connectivity index (χ1n) is 10.0. The van der Waals surface area contributed by atoms with E-state index in [-0.39, 0.29) is 17.5 Å². The number of aldehydes is 1. The van der Waals surface area contributed by atoms with E-state index in [2.05, 4.69) is 19.9 Å². The van der Waals surface area contributed by atoms with Crippen LogP contribution in [0.15, 0.2) is 22.3 Å². The van der Waals surface area contributed by atoms with Crippen molar-refractivity contribution in [3.8, 4) is 0 Å². The molecular weight excluding hydrogens is 348 g/mol. The monoisotopic (exact) mass is 376 g/mol. The molecule has 4 aliphatic rings. The van der Waals surface area contributed by atoms with Crippen molar-refractivity contribution in [3.63, 3.8) is 0 Å². The van der Waals surface area contributed by atoms with Gasteiger partial charge in [-0.1, -0.05) is 37.1 Å². The van der Waals surface area contributed by atoms with Crippen LogP contribution < -0.4 is 0 Å². The van der Waals surface area contributed by atoms with Gasteiger partial charge in [-0.25, -0.2) is 0 Å². The van der Waals surface area contributed by atoms with Crippen molar-refractivity contribution in [1.82, 2.24) is 0 Å². The zero-order chi connectivity index (χ0) is 18.7. The molecule has 0 aromatic rings. The number of allylic oxidation sites excluding steroid dienone is 4. The topological polar surface area (TPSA) is 43.4 Å². The summed E-state index contributed by atoms with van der Waals surface area (Å²) in [6, 6.07) is 0. The Labute approximate surface area is 161 Å². The van der Waals surface area contributed by atoms with Gasteiger partial charge in [0.2, 0.25) is 0 Å². The van der Waals surface area contributed by atoms with Crippen molar-refractivity contribution in [2.75, 3.05) is 0 Å². The van der Waals surface area contributed by atoms with E-state index in [1.807, 2.05) is 0 Å². The van der Waals surface area contributed by atoms with Crippen LogP contribution in [-0.2, 0) is 14.3 Å². The standard InChI is InChI=1S/C22H29ClO3/c1-13(25)26-16-6-8-21(2)15(11-16)4-5-17-18(21)7-9-22(3)19(17)10-14(12-24)20(22)23/h10,12,15-18H,4-9,11H2,1-3H3/t15-,16-,17+,18-,21-,22-/m0/s1. The second-order valence-corrected chi connectivity index (χ2v) is 9.73. The Hall–Kier alpha value is -1.09. The molecule has 0 aromatic carbocycles. The summed E-state index contributed by atoms with van der Waals surface area (Å²) in [7, 11) is 0. The molecule has 142 valence electrons. The highest BCUT2D eigenvalue weighted by molar-refractivity contribution is 6.33. The number of ether oxygens (including phenoxy) is 1. The molecule has 0 saturated heterocycles. The summed E-state index contributed by atoms with van der Waals surface area (Å²) < 4.78 is 5.54. The van der Waals surface area contributed by atoms with Crippen LogP contribution in [0.5, 0.6) is 0 Å². The molecule has 0 unspecified atom stereocenters. The van der Waals surface area contributed by atoms with Gasteiger partial charge in [0.15, 0.2) is 6.29 Å². The molecule has 26 heavy (non-hydrogen) atoms. The van der Waals surface area contributed by atoms with Gasteiger partial charge < -0.3 is 4.74 Å². The Morgan fingerprint density at radius 3 is 2.69 bits per heavy atom. The van der Waals surface area contributed by atoms with E-state index in [9.17, 15) is 9.59 Å². The first kappa shape index (κ1) is 18.3. The molecule has 0 aliphatic heterocycles. The lowest BCUT2D eigenvalue weighted by Crippen LogP contribution is -2.51. The lowest BCUT2D eigenvalue weighted by molar-refractivity contribution is -0.154. The van der Waals surface area contributed by atoms with Gasteiger partial charge in [-0.3, -0.25) is 9.59 Å². The van der Waals surface area contributed by atoms with Gasteiger partial charge in [0.05, 0.1) is 0 Å². The lowest BCUT2D eigenvalue weighted by Gasteiger charge is -2.59. The summed E-state index contributed by atoms with van der Waals surface area (Å²) in [4.78, 5) is 22.8. The maximum absolute atomic E-state index is 11.5. The van der Waals surface area contributed by atoms with Crippen molar-refractivity contribution in [2.45, 2.75) is 71.8 Å². The minimum atomic E-state index is -0.154. The van der Waals surface area contributed by atoms with Crippen LogP contribution in [0.1, 0.15) is 65.7 Å². The smallest absolute Gasteiger partial charge is 0.302 e. The van der Waals surface area contributed by atoms with Gasteiger partial charge >= 0.3 is 5.97 Å². The van der Waals surface area contributed by atoms with Crippen molar-refractivity contribution >= 4 is 23.9 Å². The van der Waals surface area contributed by atoms with E-state index < -0.39 is 0 Å². The summed E-state index contributed by atoms with van der Waals surface area (Å²) in [6.45, 7) is 6.20. The number of fused-ring (bicyclic) bond motifs is 5. The van der Waals surface area contributed by atoms with Gasteiger partial charge in [-0.15, -0.1) is 0 Å². The molecule has 0 spiro atoms. The predicted octanol–water partition coefficient (Wildman–Crippen LogP) is 5.18. The van der Waals surface area contributed by atoms with E-state index >= 15 is 0 Å². The summed E-state index contributed by atoms with van der Waals surface area (Å²) in [5, 5.41) is 0.756. The molecule has 0 aromatic heterocycles. The fraction of sp³-hybridized carbons (Fsp3) is 0.727. The van der Waals surface area contributed by atoms with E-state index in [1.165, 1.54) is 25.3 Å². The Balaban J connectivity index is 1.59. The van der Waals surface area contributed by atoms with Gasteiger partial charge in [0.25, 0.3) is 0 Å². The fourth-order valence-corrected chi connectivity index (χ4v) is 7.04. The third-order valence-corrected chi connectivity index (χ3v) is 8.78. The molecule has 3 fully saturated rings. The largest absolute Gasteiger partial charge is 0.463 e. The maximum Gasteiger partial charge on any atom is 0.302 e. The number of esters is 1. The number of hydrogen-bond donors (Lipinski definition) is 0. The first-order valence-corrected chi connectivity index (χ1v) is 10.4. The molecule has 4 rings (SSSR count). The molecular formula is C22H29ClO3. The average Bonchev–Trinajstić information content (AvgIpc) is 2.86. The molecule has 3 nitrogen and oxygen atoms in total. The summed E-state index contributed by atoms with van der Waals surface area (Å²) in [5.74, 6) is 1.65. The summed E-state index contributed by atoms with van der Waals surface area (Å²) >= 11 is 6.61. The molecule has 0 N–H and O–H groups in total. The third-order valence-electron chi connectivity index (χ3n) is 8.14. The van der Waals surface area contributed by atoms with Crippen LogP contribution in [0.25, 0.3) is 0 Å². The lowest BCUT2D eigenvalue weighted by atomic mass is 9.46. The Bertz CT molecular complexity index is 708. The van der Waals surface area contributed by atoms with Crippen molar-refractivity contribution in [3.05, 3.63) is 22.3 Å². The minimum absolute atomic E-state index is 0.0967. The second-order valence-electron chi connectivity index (χ2n) is 9.36.